The molecular weight excluding hydrogens is 313 g/mol. The van der Waals surface area contributed by atoms with Crippen molar-refractivity contribution >= 4 is 23.2 Å². The standard InChI is InChI=1S/C15H23Cl2NO3/c1-4-20-8-13(19)9-21-15-11(7-18-10(2)3)5-12(16)6-14(15)17/h5-6,10,13,18-19H,4,7-9H2,1-3H3. The van der Waals surface area contributed by atoms with Crippen LogP contribution in [0.1, 0.15) is 26.3 Å². The molecule has 1 aromatic carbocycles. The average Bonchev–Trinajstić information content (AvgIpc) is 2.41. The lowest BCUT2D eigenvalue weighted by Crippen LogP contribution is -2.25. The number of aliphatic hydroxyl groups excluding tert-OH is 1. The molecule has 0 aliphatic heterocycles. The van der Waals surface area contributed by atoms with Gasteiger partial charge in [-0.25, -0.2) is 0 Å². The van der Waals surface area contributed by atoms with E-state index in [0.717, 1.165) is 5.56 Å². The summed E-state index contributed by atoms with van der Waals surface area (Å²) in [5.74, 6) is 0.546. The maximum Gasteiger partial charge on any atom is 0.142 e. The van der Waals surface area contributed by atoms with Crippen molar-refractivity contribution in [2.45, 2.75) is 39.5 Å². The Morgan fingerprint density at radius 1 is 1.24 bits per heavy atom. The summed E-state index contributed by atoms with van der Waals surface area (Å²) in [7, 11) is 0. The smallest absolute Gasteiger partial charge is 0.142 e. The molecule has 1 unspecified atom stereocenters. The van der Waals surface area contributed by atoms with Gasteiger partial charge in [-0.15, -0.1) is 0 Å². The normalized spacial score (nSPS) is 12.7. The Labute approximate surface area is 136 Å². The third-order valence-corrected chi connectivity index (χ3v) is 3.22. The van der Waals surface area contributed by atoms with Gasteiger partial charge in [0.15, 0.2) is 0 Å². The Morgan fingerprint density at radius 2 is 1.95 bits per heavy atom. The quantitative estimate of drug-likeness (QED) is 0.727. The molecule has 0 heterocycles. The molecule has 0 bridgehead atoms. The van der Waals surface area contributed by atoms with Crippen LogP contribution in [0.3, 0.4) is 0 Å². The van der Waals surface area contributed by atoms with Crippen LogP contribution >= 0.6 is 23.2 Å². The molecule has 6 heteroatoms. The molecule has 0 saturated heterocycles. The number of hydrogen-bond donors (Lipinski definition) is 2. The Bertz CT molecular complexity index is 441. The first-order valence-electron chi connectivity index (χ1n) is 7.04. The molecule has 1 aromatic rings. The van der Waals surface area contributed by atoms with Crippen LogP contribution in [0.2, 0.25) is 10.0 Å². The van der Waals surface area contributed by atoms with E-state index >= 15 is 0 Å². The van der Waals surface area contributed by atoms with Gasteiger partial charge in [0.1, 0.15) is 18.5 Å². The predicted molar refractivity (Wildman–Crippen MR) is 86.4 cm³/mol. The first-order valence-corrected chi connectivity index (χ1v) is 7.79. The van der Waals surface area contributed by atoms with E-state index in [0.29, 0.717) is 35.0 Å². The summed E-state index contributed by atoms with van der Waals surface area (Å²) in [5.41, 5.74) is 0.866. The molecular formula is C15H23Cl2NO3. The molecule has 1 atom stereocenters. The monoisotopic (exact) mass is 335 g/mol. The van der Waals surface area contributed by atoms with Crippen molar-refractivity contribution in [1.82, 2.24) is 5.32 Å². The molecule has 21 heavy (non-hydrogen) atoms. The molecule has 0 spiro atoms. The maximum absolute atomic E-state index is 9.76. The van der Waals surface area contributed by atoms with Gasteiger partial charge >= 0.3 is 0 Å². The van der Waals surface area contributed by atoms with Gasteiger partial charge in [-0.1, -0.05) is 37.0 Å². The molecule has 0 amide bonds. The van der Waals surface area contributed by atoms with Gasteiger partial charge in [0, 0.05) is 29.8 Å². The highest BCUT2D eigenvalue weighted by atomic mass is 35.5. The molecule has 0 aromatic heterocycles. The van der Waals surface area contributed by atoms with Gasteiger partial charge < -0.3 is 19.9 Å². The summed E-state index contributed by atoms with van der Waals surface area (Å²) in [6, 6.07) is 3.78. The van der Waals surface area contributed by atoms with Crippen LogP contribution in [0, 0.1) is 0 Å². The average molecular weight is 336 g/mol. The van der Waals surface area contributed by atoms with Crippen molar-refractivity contribution in [3.63, 3.8) is 0 Å². The number of aliphatic hydroxyl groups is 1. The minimum absolute atomic E-state index is 0.121. The highest BCUT2D eigenvalue weighted by molar-refractivity contribution is 6.35. The largest absolute Gasteiger partial charge is 0.489 e. The summed E-state index contributed by atoms with van der Waals surface area (Å²) < 4.78 is 10.8. The summed E-state index contributed by atoms with van der Waals surface area (Å²) >= 11 is 12.2. The van der Waals surface area contributed by atoms with Crippen molar-refractivity contribution in [3.05, 3.63) is 27.7 Å². The SMILES string of the molecule is CCOCC(O)COc1c(Cl)cc(Cl)cc1CNC(C)C. The van der Waals surface area contributed by atoms with Crippen LogP contribution in [0.15, 0.2) is 12.1 Å². The van der Waals surface area contributed by atoms with Gasteiger partial charge in [0.25, 0.3) is 0 Å². The van der Waals surface area contributed by atoms with Crippen LogP contribution in [-0.2, 0) is 11.3 Å². The fraction of sp³-hybridized carbons (Fsp3) is 0.600. The van der Waals surface area contributed by atoms with Crippen molar-refractivity contribution in [3.8, 4) is 5.75 Å². The molecule has 0 saturated carbocycles. The number of rotatable bonds is 9. The molecule has 0 fully saturated rings. The second-order valence-corrected chi connectivity index (χ2v) is 5.88. The Morgan fingerprint density at radius 3 is 2.57 bits per heavy atom. The van der Waals surface area contributed by atoms with Crippen molar-refractivity contribution in [1.29, 1.82) is 0 Å². The minimum atomic E-state index is -0.692. The fourth-order valence-electron chi connectivity index (χ4n) is 1.70. The first kappa shape index (κ1) is 18.5. The minimum Gasteiger partial charge on any atom is -0.489 e. The number of hydrogen-bond acceptors (Lipinski definition) is 4. The number of benzene rings is 1. The van der Waals surface area contributed by atoms with Crippen molar-refractivity contribution in [2.75, 3.05) is 19.8 Å². The molecule has 2 N–H and O–H groups in total. The van der Waals surface area contributed by atoms with Crippen LogP contribution in [0.4, 0.5) is 0 Å². The lowest BCUT2D eigenvalue weighted by atomic mass is 10.2. The summed E-state index contributed by atoms with van der Waals surface area (Å²) in [5, 5.41) is 14.1. The molecule has 120 valence electrons. The Kier molecular flexibility index (Phi) is 8.37. The van der Waals surface area contributed by atoms with Crippen LogP contribution in [0.25, 0.3) is 0 Å². The van der Waals surface area contributed by atoms with Gasteiger partial charge in [0.2, 0.25) is 0 Å². The highest BCUT2D eigenvalue weighted by Crippen LogP contribution is 2.32. The van der Waals surface area contributed by atoms with Gasteiger partial charge in [-0.2, -0.15) is 0 Å². The van der Waals surface area contributed by atoms with E-state index in [4.69, 9.17) is 32.7 Å². The van der Waals surface area contributed by atoms with Gasteiger partial charge in [0.05, 0.1) is 11.6 Å². The van der Waals surface area contributed by atoms with Gasteiger partial charge in [-0.05, 0) is 19.1 Å². The summed E-state index contributed by atoms with van der Waals surface area (Å²) in [6.45, 7) is 7.49. The Hall–Kier alpha value is -0.520. The molecule has 0 aliphatic rings. The zero-order valence-electron chi connectivity index (χ0n) is 12.7. The second kappa shape index (κ2) is 9.49. The van der Waals surface area contributed by atoms with Crippen LogP contribution < -0.4 is 10.1 Å². The lowest BCUT2D eigenvalue weighted by Gasteiger charge is -2.17. The van der Waals surface area contributed by atoms with E-state index in [1.54, 1.807) is 6.07 Å². The van der Waals surface area contributed by atoms with Gasteiger partial charge in [-0.3, -0.25) is 0 Å². The van der Waals surface area contributed by atoms with E-state index in [9.17, 15) is 5.11 Å². The zero-order valence-corrected chi connectivity index (χ0v) is 14.2. The van der Waals surface area contributed by atoms with E-state index in [-0.39, 0.29) is 13.2 Å². The molecule has 0 radical (unpaired) electrons. The lowest BCUT2D eigenvalue weighted by molar-refractivity contribution is 0.0162. The van der Waals surface area contributed by atoms with E-state index in [1.807, 2.05) is 13.0 Å². The third kappa shape index (κ3) is 6.85. The topological polar surface area (TPSA) is 50.7 Å². The molecule has 1 rings (SSSR count). The highest BCUT2D eigenvalue weighted by Gasteiger charge is 2.13. The van der Waals surface area contributed by atoms with E-state index in [1.165, 1.54) is 0 Å². The van der Waals surface area contributed by atoms with Crippen LogP contribution in [0.5, 0.6) is 5.75 Å². The molecule has 0 aliphatic carbocycles. The molecule has 4 nitrogen and oxygen atoms in total. The Balaban J connectivity index is 2.74. The second-order valence-electron chi connectivity index (χ2n) is 5.04. The number of ether oxygens (including phenoxy) is 2. The third-order valence-electron chi connectivity index (χ3n) is 2.72. The van der Waals surface area contributed by atoms with Crippen molar-refractivity contribution in [2.24, 2.45) is 0 Å². The van der Waals surface area contributed by atoms with E-state index < -0.39 is 6.10 Å². The number of nitrogens with one attached hydrogen (secondary N) is 1. The van der Waals surface area contributed by atoms with Crippen molar-refractivity contribution < 1.29 is 14.6 Å². The predicted octanol–water partition coefficient (Wildman–Crippen LogP) is 3.27. The van der Waals surface area contributed by atoms with E-state index in [2.05, 4.69) is 19.2 Å². The first-order chi connectivity index (χ1) is 9.93. The summed E-state index contributed by atoms with van der Waals surface area (Å²) in [6.07, 6.45) is -0.692. The summed E-state index contributed by atoms with van der Waals surface area (Å²) in [4.78, 5) is 0. The fourth-order valence-corrected chi connectivity index (χ4v) is 2.29. The van der Waals surface area contributed by atoms with Crippen LogP contribution in [-0.4, -0.2) is 37.1 Å². The zero-order chi connectivity index (χ0) is 15.8. The number of halogens is 2. The maximum atomic E-state index is 9.76.